The predicted molar refractivity (Wildman–Crippen MR) is 78.7 cm³/mol. The zero-order valence-electron chi connectivity index (χ0n) is 10.7. The average Bonchev–Trinajstić information content (AvgIpc) is 2.38. The first-order chi connectivity index (χ1) is 9.47. The quantitative estimate of drug-likeness (QED) is 0.880. The number of rotatable bonds is 3. The Bertz CT molecular complexity index is 646. The third-order valence-corrected chi connectivity index (χ3v) is 3.43. The molecular weight excluding hydrogens is 300 g/mol. The van der Waals surface area contributed by atoms with Gasteiger partial charge >= 0.3 is 0 Å². The lowest BCUT2D eigenvalue weighted by Gasteiger charge is -2.16. The van der Waals surface area contributed by atoms with Crippen molar-refractivity contribution in [3.63, 3.8) is 0 Å². The van der Waals surface area contributed by atoms with Crippen LogP contribution in [0, 0.1) is 5.82 Å². The van der Waals surface area contributed by atoms with E-state index in [9.17, 15) is 9.18 Å². The molecule has 5 heteroatoms. The molecule has 0 aliphatic rings. The molecule has 2 nitrogen and oxygen atoms in total. The van der Waals surface area contributed by atoms with Gasteiger partial charge in [-0.2, -0.15) is 0 Å². The summed E-state index contributed by atoms with van der Waals surface area (Å²) in [6.45, 7) is 1.80. The standard InChI is InChI=1S/C15H12Cl2FNO/c1-9(13-6-5-11(16)8-14(13)17)19-15(20)10-3-2-4-12(18)7-10/h2-9H,1H3,(H,19,20)/t9-/m1/s1. The zero-order chi connectivity index (χ0) is 14.7. The molecule has 0 bridgehead atoms. The van der Waals surface area contributed by atoms with Gasteiger partial charge in [-0.15, -0.1) is 0 Å². The van der Waals surface area contributed by atoms with Gasteiger partial charge in [-0.1, -0.05) is 35.3 Å². The number of hydrogen-bond donors (Lipinski definition) is 1. The van der Waals surface area contributed by atoms with Gasteiger partial charge in [0.25, 0.3) is 5.91 Å². The number of halogens is 3. The molecule has 0 fully saturated rings. The van der Waals surface area contributed by atoms with E-state index in [4.69, 9.17) is 23.2 Å². The Kier molecular flexibility index (Phi) is 4.63. The molecule has 1 N–H and O–H groups in total. The van der Waals surface area contributed by atoms with Gasteiger partial charge in [0.15, 0.2) is 0 Å². The molecule has 1 atom stereocenters. The number of carbonyl (C=O) groups excluding carboxylic acids is 1. The zero-order valence-corrected chi connectivity index (χ0v) is 12.2. The molecular formula is C15H12Cl2FNO. The molecule has 0 aliphatic heterocycles. The maximum atomic E-state index is 13.1. The second-order valence-corrected chi connectivity index (χ2v) is 5.21. The number of amides is 1. The van der Waals surface area contributed by atoms with E-state index in [0.717, 1.165) is 5.56 Å². The summed E-state index contributed by atoms with van der Waals surface area (Å²) in [6.07, 6.45) is 0. The van der Waals surface area contributed by atoms with Crippen LogP contribution in [0.25, 0.3) is 0 Å². The van der Waals surface area contributed by atoms with E-state index in [1.807, 2.05) is 0 Å². The molecule has 0 saturated heterocycles. The summed E-state index contributed by atoms with van der Waals surface area (Å²) < 4.78 is 13.1. The number of hydrogen-bond acceptors (Lipinski definition) is 1. The molecule has 2 aromatic carbocycles. The topological polar surface area (TPSA) is 29.1 Å². The van der Waals surface area contributed by atoms with E-state index in [1.165, 1.54) is 18.2 Å². The molecule has 2 rings (SSSR count). The van der Waals surface area contributed by atoms with Gasteiger partial charge in [0, 0.05) is 15.6 Å². The maximum absolute atomic E-state index is 13.1. The van der Waals surface area contributed by atoms with E-state index in [2.05, 4.69) is 5.32 Å². The van der Waals surface area contributed by atoms with Gasteiger partial charge in [0.1, 0.15) is 5.82 Å². The molecule has 0 heterocycles. The molecule has 0 saturated carbocycles. The van der Waals surface area contributed by atoms with Crippen LogP contribution < -0.4 is 5.32 Å². The van der Waals surface area contributed by atoms with Gasteiger partial charge in [-0.3, -0.25) is 4.79 Å². The average molecular weight is 312 g/mol. The summed E-state index contributed by atoms with van der Waals surface area (Å²) >= 11 is 11.9. The summed E-state index contributed by atoms with van der Waals surface area (Å²) in [5.74, 6) is -0.808. The maximum Gasteiger partial charge on any atom is 0.251 e. The fourth-order valence-corrected chi connectivity index (χ4v) is 2.41. The van der Waals surface area contributed by atoms with E-state index < -0.39 is 5.82 Å². The number of nitrogens with one attached hydrogen (secondary N) is 1. The first-order valence-corrected chi connectivity index (χ1v) is 6.74. The van der Waals surface area contributed by atoms with Crippen LogP contribution in [0.2, 0.25) is 10.0 Å². The van der Waals surface area contributed by atoms with Gasteiger partial charge in [0.05, 0.1) is 6.04 Å². The predicted octanol–water partition coefficient (Wildman–Crippen LogP) is 4.62. The lowest BCUT2D eigenvalue weighted by Crippen LogP contribution is -2.26. The van der Waals surface area contributed by atoms with Crippen molar-refractivity contribution in [3.05, 3.63) is 69.5 Å². The van der Waals surface area contributed by atoms with Crippen LogP contribution in [0.4, 0.5) is 4.39 Å². The summed E-state index contributed by atoms with van der Waals surface area (Å²) in [4.78, 5) is 12.0. The second-order valence-electron chi connectivity index (χ2n) is 4.37. The summed E-state index contributed by atoms with van der Waals surface area (Å²) in [5, 5.41) is 3.77. The third kappa shape index (κ3) is 3.50. The van der Waals surface area contributed by atoms with Crippen molar-refractivity contribution in [2.24, 2.45) is 0 Å². The van der Waals surface area contributed by atoms with E-state index in [0.29, 0.717) is 10.0 Å². The molecule has 0 aliphatic carbocycles. The Morgan fingerprint density at radius 1 is 1.20 bits per heavy atom. The van der Waals surface area contributed by atoms with Crippen molar-refractivity contribution in [2.75, 3.05) is 0 Å². The second kappa shape index (κ2) is 6.25. The van der Waals surface area contributed by atoms with Crippen molar-refractivity contribution in [1.82, 2.24) is 5.32 Å². The summed E-state index contributed by atoms with van der Waals surface area (Å²) in [7, 11) is 0. The molecule has 0 unspecified atom stereocenters. The van der Waals surface area contributed by atoms with Gasteiger partial charge in [0.2, 0.25) is 0 Å². The van der Waals surface area contributed by atoms with Crippen LogP contribution in [0.15, 0.2) is 42.5 Å². The Hall–Kier alpha value is -1.58. The van der Waals surface area contributed by atoms with Crippen LogP contribution in [-0.4, -0.2) is 5.91 Å². The molecule has 1 amide bonds. The lowest BCUT2D eigenvalue weighted by molar-refractivity contribution is 0.0939. The number of benzene rings is 2. The molecule has 104 valence electrons. The van der Waals surface area contributed by atoms with Crippen molar-refractivity contribution in [3.8, 4) is 0 Å². The first-order valence-electron chi connectivity index (χ1n) is 5.99. The van der Waals surface area contributed by atoms with Crippen LogP contribution >= 0.6 is 23.2 Å². The highest BCUT2D eigenvalue weighted by molar-refractivity contribution is 6.35. The van der Waals surface area contributed by atoms with E-state index in [1.54, 1.807) is 31.2 Å². The van der Waals surface area contributed by atoms with Crippen LogP contribution in [0.5, 0.6) is 0 Å². The molecule has 0 spiro atoms. The minimum absolute atomic E-state index is 0.266. The molecule has 0 radical (unpaired) electrons. The van der Waals surface area contributed by atoms with Crippen molar-refractivity contribution in [2.45, 2.75) is 13.0 Å². The van der Waals surface area contributed by atoms with Gasteiger partial charge in [-0.25, -0.2) is 4.39 Å². The van der Waals surface area contributed by atoms with Crippen molar-refractivity contribution >= 4 is 29.1 Å². The smallest absolute Gasteiger partial charge is 0.251 e. The minimum Gasteiger partial charge on any atom is -0.345 e. The molecule has 20 heavy (non-hydrogen) atoms. The Labute approximate surface area is 126 Å². The monoisotopic (exact) mass is 311 g/mol. The van der Waals surface area contributed by atoms with Crippen LogP contribution in [0.3, 0.4) is 0 Å². The van der Waals surface area contributed by atoms with Crippen LogP contribution in [0.1, 0.15) is 28.9 Å². The summed E-state index contributed by atoms with van der Waals surface area (Å²) in [5.41, 5.74) is 1.02. The summed E-state index contributed by atoms with van der Waals surface area (Å²) in [6, 6.07) is 10.3. The van der Waals surface area contributed by atoms with Gasteiger partial charge < -0.3 is 5.32 Å². The van der Waals surface area contributed by atoms with E-state index >= 15 is 0 Å². The Morgan fingerprint density at radius 3 is 2.60 bits per heavy atom. The Balaban J connectivity index is 2.15. The lowest BCUT2D eigenvalue weighted by atomic mass is 10.1. The largest absolute Gasteiger partial charge is 0.345 e. The number of carbonyl (C=O) groups is 1. The molecule has 2 aromatic rings. The van der Waals surface area contributed by atoms with Crippen molar-refractivity contribution in [1.29, 1.82) is 0 Å². The normalized spacial score (nSPS) is 12.0. The third-order valence-electron chi connectivity index (χ3n) is 2.86. The fourth-order valence-electron chi connectivity index (χ4n) is 1.84. The Morgan fingerprint density at radius 2 is 1.95 bits per heavy atom. The highest BCUT2D eigenvalue weighted by atomic mass is 35.5. The van der Waals surface area contributed by atoms with Crippen molar-refractivity contribution < 1.29 is 9.18 Å². The highest BCUT2D eigenvalue weighted by Gasteiger charge is 2.14. The molecule has 0 aromatic heterocycles. The van der Waals surface area contributed by atoms with Crippen LogP contribution in [-0.2, 0) is 0 Å². The highest BCUT2D eigenvalue weighted by Crippen LogP contribution is 2.26. The SMILES string of the molecule is C[C@@H](NC(=O)c1cccc(F)c1)c1ccc(Cl)cc1Cl. The minimum atomic E-state index is -0.449. The first kappa shape index (κ1) is 14.8. The van der Waals surface area contributed by atoms with E-state index in [-0.39, 0.29) is 17.5 Å². The fraction of sp³-hybridized carbons (Fsp3) is 0.133. The van der Waals surface area contributed by atoms with Gasteiger partial charge in [-0.05, 0) is 42.8 Å².